The normalized spacial score (nSPS) is 13.6. The molecular weight excluding hydrogens is 274 g/mol. The van der Waals surface area contributed by atoms with Crippen LogP contribution >= 0.6 is 11.3 Å². The molecule has 1 atom stereocenters. The Hall–Kier alpha value is -1.36. The SMILES string of the molecule is CCCC(C)(NC(=O)CCCc1cccs1)C(=O)OC. The number of hydrogen-bond donors (Lipinski definition) is 1. The maximum Gasteiger partial charge on any atom is 0.331 e. The molecule has 0 aliphatic carbocycles. The van der Waals surface area contributed by atoms with E-state index in [0.717, 1.165) is 19.3 Å². The van der Waals surface area contributed by atoms with Gasteiger partial charge in [-0.25, -0.2) is 4.79 Å². The summed E-state index contributed by atoms with van der Waals surface area (Å²) < 4.78 is 4.78. The van der Waals surface area contributed by atoms with Gasteiger partial charge in [0.15, 0.2) is 0 Å². The van der Waals surface area contributed by atoms with Crippen LogP contribution in [0.2, 0.25) is 0 Å². The number of hydrogen-bond acceptors (Lipinski definition) is 4. The van der Waals surface area contributed by atoms with Crippen LogP contribution in [0.15, 0.2) is 17.5 Å². The van der Waals surface area contributed by atoms with Crippen molar-refractivity contribution < 1.29 is 14.3 Å². The highest BCUT2D eigenvalue weighted by Crippen LogP contribution is 2.16. The highest BCUT2D eigenvalue weighted by molar-refractivity contribution is 7.09. The van der Waals surface area contributed by atoms with E-state index in [1.54, 1.807) is 18.3 Å². The fraction of sp³-hybridized carbons (Fsp3) is 0.600. The summed E-state index contributed by atoms with van der Waals surface area (Å²) >= 11 is 1.70. The van der Waals surface area contributed by atoms with Crippen LogP contribution < -0.4 is 5.32 Å². The molecule has 1 rings (SSSR count). The zero-order valence-electron chi connectivity index (χ0n) is 12.4. The minimum Gasteiger partial charge on any atom is -0.467 e. The topological polar surface area (TPSA) is 55.4 Å². The van der Waals surface area contributed by atoms with E-state index in [-0.39, 0.29) is 11.9 Å². The number of nitrogens with one attached hydrogen (secondary N) is 1. The third-order valence-electron chi connectivity index (χ3n) is 3.21. The molecule has 4 nitrogen and oxygen atoms in total. The maximum atomic E-state index is 12.0. The zero-order valence-corrected chi connectivity index (χ0v) is 13.2. The molecule has 1 aromatic heterocycles. The highest BCUT2D eigenvalue weighted by Gasteiger charge is 2.34. The molecule has 0 bridgehead atoms. The van der Waals surface area contributed by atoms with Gasteiger partial charge in [-0.2, -0.15) is 0 Å². The van der Waals surface area contributed by atoms with Crippen LogP contribution in [0, 0.1) is 0 Å². The first-order valence-electron chi connectivity index (χ1n) is 6.93. The third-order valence-corrected chi connectivity index (χ3v) is 4.14. The molecule has 1 N–H and O–H groups in total. The predicted octanol–water partition coefficient (Wildman–Crippen LogP) is 2.92. The highest BCUT2D eigenvalue weighted by atomic mass is 32.1. The van der Waals surface area contributed by atoms with Crippen molar-refractivity contribution in [2.24, 2.45) is 0 Å². The van der Waals surface area contributed by atoms with Gasteiger partial charge in [-0.15, -0.1) is 11.3 Å². The van der Waals surface area contributed by atoms with E-state index in [1.165, 1.54) is 12.0 Å². The van der Waals surface area contributed by atoms with Gasteiger partial charge < -0.3 is 10.1 Å². The molecule has 0 saturated carbocycles. The first-order chi connectivity index (χ1) is 9.51. The average molecular weight is 297 g/mol. The van der Waals surface area contributed by atoms with Crippen molar-refractivity contribution >= 4 is 23.2 Å². The minimum absolute atomic E-state index is 0.0945. The number of rotatable bonds is 8. The fourth-order valence-electron chi connectivity index (χ4n) is 2.19. The van der Waals surface area contributed by atoms with Gasteiger partial charge in [0.2, 0.25) is 5.91 Å². The number of amides is 1. The Morgan fingerprint density at radius 2 is 2.20 bits per heavy atom. The van der Waals surface area contributed by atoms with E-state index in [1.807, 2.05) is 18.4 Å². The molecule has 0 radical (unpaired) electrons. The van der Waals surface area contributed by atoms with Gasteiger partial charge in [-0.3, -0.25) is 4.79 Å². The van der Waals surface area contributed by atoms with Gasteiger partial charge >= 0.3 is 5.97 Å². The van der Waals surface area contributed by atoms with E-state index in [0.29, 0.717) is 12.8 Å². The Morgan fingerprint density at radius 3 is 2.75 bits per heavy atom. The lowest BCUT2D eigenvalue weighted by molar-refractivity contribution is -0.150. The Bertz CT molecular complexity index is 430. The standard InChI is InChI=1S/C15H23NO3S/c1-4-10-15(2,14(18)19-3)16-13(17)9-5-7-12-8-6-11-20-12/h6,8,11H,4-5,7,9-10H2,1-3H3,(H,16,17). The summed E-state index contributed by atoms with van der Waals surface area (Å²) in [6, 6.07) is 4.08. The average Bonchev–Trinajstić information content (AvgIpc) is 2.91. The number of carbonyl (C=O) groups excluding carboxylic acids is 2. The summed E-state index contributed by atoms with van der Waals surface area (Å²) in [5.41, 5.74) is -0.913. The van der Waals surface area contributed by atoms with Crippen molar-refractivity contribution in [3.05, 3.63) is 22.4 Å². The van der Waals surface area contributed by atoms with Crippen LogP contribution in [0.3, 0.4) is 0 Å². The van der Waals surface area contributed by atoms with Crippen LogP contribution in [0.1, 0.15) is 44.4 Å². The number of thiophene rings is 1. The summed E-state index contributed by atoms with van der Waals surface area (Å²) in [5, 5.41) is 4.85. The quantitative estimate of drug-likeness (QED) is 0.751. The lowest BCUT2D eigenvalue weighted by atomic mass is 9.96. The van der Waals surface area contributed by atoms with Gasteiger partial charge in [0.1, 0.15) is 5.54 Å². The molecule has 0 aliphatic heterocycles. The molecule has 5 heteroatoms. The zero-order chi connectivity index (χ0) is 15.0. The first-order valence-corrected chi connectivity index (χ1v) is 7.81. The summed E-state index contributed by atoms with van der Waals surface area (Å²) in [6.45, 7) is 3.70. The van der Waals surface area contributed by atoms with Crippen LogP contribution in [-0.2, 0) is 20.7 Å². The number of esters is 1. The van der Waals surface area contributed by atoms with E-state index in [2.05, 4.69) is 11.4 Å². The van der Waals surface area contributed by atoms with Crippen LogP contribution in [-0.4, -0.2) is 24.5 Å². The van der Waals surface area contributed by atoms with E-state index < -0.39 is 5.54 Å². The van der Waals surface area contributed by atoms with Crippen molar-refractivity contribution in [3.8, 4) is 0 Å². The second-order valence-electron chi connectivity index (χ2n) is 5.05. The van der Waals surface area contributed by atoms with Gasteiger partial charge in [0.05, 0.1) is 7.11 Å². The molecular formula is C15H23NO3S. The maximum absolute atomic E-state index is 12.0. The van der Waals surface area contributed by atoms with Crippen molar-refractivity contribution in [3.63, 3.8) is 0 Å². The fourth-order valence-corrected chi connectivity index (χ4v) is 2.94. The second kappa shape index (κ2) is 8.04. The second-order valence-corrected chi connectivity index (χ2v) is 6.09. The summed E-state index contributed by atoms with van der Waals surface area (Å²) in [4.78, 5) is 25.0. The summed E-state index contributed by atoms with van der Waals surface area (Å²) in [7, 11) is 1.35. The van der Waals surface area contributed by atoms with Crippen LogP contribution in [0.4, 0.5) is 0 Å². The smallest absolute Gasteiger partial charge is 0.331 e. The number of aryl methyl sites for hydroxylation is 1. The van der Waals surface area contributed by atoms with Gasteiger partial charge in [-0.1, -0.05) is 19.4 Å². The molecule has 0 saturated heterocycles. The largest absolute Gasteiger partial charge is 0.467 e. The summed E-state index contributed by atoms with van der Waals surface area (Å²) in [5.74, 6) is -0.478. The van der Waals surface area contributed by atoms with Crippen LogP contribution in [0.25, 0.3) is 0 Å². The third kappa shape index (κ3) is 4.96. The minimum atomic E-state index is -0.913. The van der Waals surface area contributed by atoms with Gasteiger partial charge in [-0.05, 0) is 37.6 Å². The molecule has 1 heterocycles. The van der Waals surface area contributed by atoms with Crippen molar-refractivity contribution in [1.29, 1.82) is 0 Å². The molecule has 0 aliphatic rings. The van der Waals surface area contributed by atoms with E-state index in [9.17, 15) is 9.59 Å². The first kappa shape index (κ1) is 16.7. The number of carbonyl (C=O) groups is 2. The number of methoxy groups -OCH3 is 1. The molecule has 20 heavy (non-hydrogen) atoms. The number of ether oxygens (including phenoxy) is 1. The molecule has 0 fully saturated rings. The lowest BCUT2D eigenvalue weighted by Crippen LogP contribution is -2.52. The van der Waals surface area contributed by atoms with Gasteiger partial charge in [0, 0.05) is 11.3 Å². The Morgan fingerprint density at radius 1 is 1.45 bits per heavy atom. The molecule has 0 spiro atoms. The van der Waals surface area contributed by atoms with Crippen molar-refractivity contribution in [1.82, 2.24) is 5.32 Å². The van der Waals surface area contributed by atoms with E-state index in [4.69, 9.17) is 4.74 Å². The lowest BCUT2D eigenvalue weighted by Gasteiger charge is -2.27. The molecule has 1 unspecified atom stereocenters. The van der Waals surface area contributed by atoms with Gasteiger partial charge in [0.25, 0.3) is 0 Å². The van der Waals surface area contributed by atoms with E-state index >= 15 is 0 Å². The molecule has 1 amide bonds. The molecule has 112 valence electrons. The predicted molar refractivity (Wildman–Crippen MR) is 80.7 cm³/mol. The Kier molecular flexibility index (Phi) is 6.71. The molecule has 1 aromatic rings. The Labute approximate surface area is 124 Å². The Balaban J connectivity index is 2.43. The monoisotopic (exact) mass is 297 g/mol. The van der Waals surface area contributed by atoms with Crippen molar-refractivity contribution in [2.45, 2.75) is 51.5 Å². The molecule has 0 aromatic carbocycles. The van der Waals surface area contributed by atoms with Crippen molar-refractivity contribution in [2.75, 3.05) is 7.11 Å². The summed E-state index contributed by atoms with van der Waals surface area (Å²) in [6.07, 6.45) is 3.50. The van der Waals surface area contributed by atoms with Crippen LogP contribution in [0.5, 0.6) is 0 Å².